The molecule has 1 heterocycles. The number of aromatic nitrogens is 1. The number of hydrazone groups is 1. The first kappa shape index (κ1) is 13.3. The Balaban J connectivity index is 1.79. The van der Waals surface area contributed by atoms with Crippen molar-refractivity contribution in [2.75, 3.05) is 5.43 Å². The number of aryl methyl sites for hydroxylation is 2. The Morgan fingerprint density at radius 2 is 1.86 bits per heavy atom. The van der Waals surface area contributed by atoms with Gasteiger partial charge in [0.25, 0.3) is 0 Å². The molecule has 0 aliphatic heterocycles. The Morgan fingerprint density at radius 3 is 2.76 bits per heavy atom. The number of hydrogen-bond donors (Lipinski definition) is 1. The molecular formula is C18H17N3. The summed E-state index contributed by atoms with van der Waals surface area (Å²) >= 11 is 0. The summed E-state index contributed by atoms with van der Waals surface area (Å²) in [6, 6.07) is 18.3. The van der Waals surface area contributed by atoms with Gasteiger partial charge in [-0.05, 0) is 43.2 Å². The minimum Gasteiger partial charge on any atom is -0.261 e. The number of rotatable bonds is 3. The highest BCUT2D eigenvalue weighted by molar-refractivity contribution is 5.83. The SMILES string of the molecule is Cc1ccc(C)c(/C=N\Nc2ccc3ccccc3n2)c1. The van der Waals surface area contributed by atoms with Gasteiger partial charge in [0.2, 0.25) is 0 Å². The van der Waals surface area contributed by atoms with Crippen LogP contribution in [0, 0.1) is 13.8 Å². The van der Waals surface area contributed by atoms with E-state index >= 15 is 0 Å². The quantitative estimate of drug-likeness (QED) is 0.571. The first-order valence-corrected chi connectivity index (χ1v) is 6.94. The number of para-hydroxylation sites is 1. The van der Waals surface area contributed by atoms with Crippen molar-refractivity contribution in [2.24, 2.45) is 5.10 Å². The van der Waals surface area contributed by atoms with Gasteiger partial charge in [0, 0.05) is 5.39 Å². The topological polar surface area (TPSA) is 37.3 Å². The first-order chi connectivity index (χ1) is 10.2. The summed E-state index contributed by atoms with van der Waals surface area (Å²) in [6.45, 7) is 4.16. The highest BCUT2D eigenvalue weighted by Crippen LogP contribution is 2.14. The fraction of sp³-hybridized carbons (Fsp3) is 0.111. The fourth-order valence-corrected chi connectivity index (χ4v) is 2.20. The molecule has 104 valence electrons. The summed E-state index contributed by atoms with van der Waals surface area (Å²) in [6.07, 6.45) is 1.83. The van der Waals surface area contributed by atoms with Gasteiger partial charge < -0.3 is 0 Å². The van der Waals surface area contributed by atoms with Crippen LogP contribution < -0.4 is 5.43 Å². The van der Waals surface area contributed by atoms with Crippen molar-refractivity contribution in [3.05, 3.63) is 71.3 Å². The molecule has 3 aromatic rings. The van der Waals surface area contributed by atoms with Gasteiger partial charge in [0.05, 0.1) is 11.7 Å². The molecule has 3 rings (SSSR count). The Labute approximate surface area is 124 Å². The van der Waals surface area contributed by atoms with Crippen LogP contribution in [-0.4, -0.2) is 11.2 Å². The van der Waals surface area contributed by atoms with Crippen molar-refractivity contribution in [3.8, 4) is 0 Å². The Morgan fingerprint density at radius 1 is 1.00 bits per heavy atom. The van der Waals surface area contributed by atoms with Crippen LogP contribution in [0.2, 0.25) is 0 Å². The molecular weight excluding hydrogens is 258 g/mol. The van der Waals surface area contributed by atoms with Crippen LogP contribution in [0.5, 0.6) is 0 Å². The molecule has 0 aliphatic carbocycles. The van der Waals surface area contributed by atoms with E-state index in [0.29, 0.717) is 0 Å². The second kappa shape index (κ2) is 5.75. The zero-order valence-electron chi connectivity index (χ0n) is 12.2. The van der Waals surface area contributed by atoms with E-state index in [-0.39, 0.29) is 0 Å². The molecule has 0 saturated carbocycles. The summed E-state index contributed by atoms with van der Waals surface area (Å²) in [5.41, 5.74) is 7.50. The molecule has 1 N–H and O–H groups in total. The van der Waals surface area contributed by atoms with Crippen molar-refractivity contribution < 1.29 is 0 Å². The van der Waals surface area contributed by atoms with Crippen LogP contribution in [0.4, 0.5) is 5.82 Å². The number of nitrogens with one attached hydrogen (secondary N) is 1. The molecule has 0 unspecified atom stereocenters. The molecule has 0 atom stereocenters. The lowest BCUT2D eigenvalue weighted by molar-refractivity contribution is 1.26. The van der Waals surface area contributed by atoms with E-state index in [1.165, 1.54) is 11.1 Å². The maximum atomic E-state index is 4.52. The maximum Gasteiger partial charge on any atom is 0.146 e. The van der Waals surface area contributed by atoms with Gasteiger partial charge in [0.15, 0.2) is 0 Å². The minimum atomic E-state index is 0.746. The third-order valence-corrected chi connectivity index (χ3v) is 3.42. The van der Waals surface area contributed by atoms with Crippen molar-refractivity contribution in [1.29, 1.82) is 0 Å². The van der Waals surface area contributed by atoms with Crippen LogP contribution in [-0.2, 0) is 0 Å². The highest BCUT2D eigenvalue weighted by atomic mass is 15.3. The van der Waals surface area contributed by atoms with Crippen LogP contribution >= 0.6 is 0 Å². The monoisotopic (exact) mass is 275 g/mol. The summed E-state index contributed by atoms with van der Waals surface area (Å²) in [5, 5.41) is 5.41. The number of hydrogen-bond acceptors (Lipinski definition) is 3. The van der Waals surface area contributed by atoms with Crippen molar-refractivity contribution in [1.82, 2.24) is 4.98 Å². The van der Waals surface area contributed by atoms with E-state index in [1.54, 1.807) is 0 Å². The molecule has 0 bridgehead atoms. The normalized spacial score (nSPS) is 11.1. The van der Waals surface area contributed by atoms with Gasteiger partial charge in [-0.1, -0.05) is 42.0 Å². The largest absolute Gasteiger partial charge is 0.261 e. The van der Waals surface area contributed by atoms with E-state index in [0.717, 1.165) is 22.3 Å². The van der Waals surface area contributed by atoms with E-state index in [9.17, 15) is 0 Å². The molecule has 3 heteroatoms. The van der Waals surface area contributed by atoms with Crippen molar-refractivity contribution in [3.63, 3.8) is 0 Å². The minimum absolute atomic E-state index is 0.746. The highest BCUT2D eigenvalue weighted by Gasteiger charge is 1.97. The molecule has 2 aromatic carbocycles. The molecule has 0 spiro atoms. The lowest BCUT2D eigenvalue weighted by Crippen LogP contribution is -1.95. The predicted octanol–water partition coefficient (Wildman–Crippen LogP) is 4.30. The van der Waals surface area contributed by atoms with Crippen LogP contribution in [0.1, 0.15) is 16.7 Å². The van der Waals surface area contributed by atoms with Gasteiger partial charge in [-0.2, -0.15) is 5.10 Å². The lowest BCUT2D eigenvalue weighted by atomic mass is 10.1. The van der Waals surface area contributed by atoms with Gasteiger partial charge in [-0.25, -0.2) is 4.98 Å². The van der Waals surface area contributed by atoms with Crippen molar-refractivity contribution in [2.45, 2.75) is 13.8 Å². The Bertz CT molecular complexity index is 806. The average Bonchev–Trinajstić information content (AvgIpc) is 2.50. The molecule has 0 amide bonds. The molecule has 3 nitrogen and oxygen atoms in total. The fourth-order valence-electron chi connectivity index (χ4n) is 2.20. The predicted molar refractivity (Wildman–Crippen MR) is 88.9 cm³/mol. The molecule has 21 heavy (non-hydrogen) atoms. The van der Waals surface area contributed by atoms with Crippen molar-refractivity contribution >= 4 is 22.9 Å². The molecule has 0 fully saturated rings. The third kappa shape index (κ3) is 3.08. The van der Waals surface area contributed by atoms with Crippen LogP contribution in [0.3, 0.4) is 0 Å². The molecule has 1 aromatic heterocycles. The van der Waals surface area contributed by atoms with Crippen LogP contribution in [0.15, 0.2) is 59.7 Å². The van der Waals surface area contributed by atoms with E-state index in [1.807, 2.05) is 42.6 Å². The number of benzene rings is 2. The first-order valence-electron chi connectivity index (χ1n) is 6.94. The number of anilines is 1. The van der Waals surface area contributed by atoms with E-state index < -0.39 is 0 Å². The standard InChI is InChI=1S/C18H17N3/c1-13-7-8-14(2)16(11-13)12-19-21-18-10-9-15-5-3-4-6-17(15)20-18/h3-12H,1-2H3,(H,20,21)/b19-12-. The number of pyridine rings is 1. The summed E-state index contributed by atoms with van der Waals surface area (Å²) in [7, 11) is 0. The number of nitrogens with zero attached hydrogens (tertiary/aromatic N) is 2. The average molecular weight is 275 g/mol. The second-order valence-corrected chi connectivity index (χ2v) is 5.12. The third-order valence-electron chi connectivity index (χ3n) is 3.42. The van der Waals surface area contributed by atoms with Gasteiger partial charge >= 0.3 is 0 Å². The summed E-state index contributed by atoms with van der Waals surface area (Å²) < 4.78 is 0. The molecule has 0 aliphatic rings. The number of fused-ring (bicyclic) bond motifs is 1. The van der Waals surface area contributed by atoms with Crippen LogP contribution in [0.25, 0.3) is 10.9 Å². The van der Waals surface area contributed by atoms with Gasteiger partial charge in [0.1, 0.15) is 5.82 Å². The maximum absolute atomic E-state index is 4.52. The van der Waals surface area contributed by atoms with E-state index in [2.05, 4.69) is 47.6 Å². The molecule has 0 radical (unpaired) electrons. The summed E-state index contributed by atoms with van der Waals surface area (Å²) in [4.78, 5) is 4.52. The zero-order valence-corrected chi connectivity index (χ0v) is 12.2. The molecule has 0 saturated heterocycles. The second-order valence-electron chi connectivity index (χ2n) is 5.12. The van der Waals surface area contributed by atoms with Gasteiger partial charge in [-0.15, -0.1) is 0 Å². The van der Waals surface area contributed by atoms with Gasteiger partial charge in [-0.3, -0.25) is 5.43 Å². The Hall–Kier alpha value is -2.68. The lowest BCUT2D eigenvalue weighted by Gasteiger charge is -2.03. The van der Waals surface area contributed by atoms with E-state index in [4.69, 9.17) is 0 Å². The smallest absolute Gasteiger partial charge is 0.146 e. The summed E-state index contributed by atoms with van der Waals surface area (Å²) in [5.74, 6) is 0.746. The Kier molecular flexibility index (Phi) is 3.65. The zero-order chi connectivity index (χ0) is 14.7.